The van der Waals surface area contributed by atoms with E-state index in [1.165, 1.54) is 67.5 Å². The normalized spacial score (nSPS) is 13.9. The van der Waals surface area contributed by atoms with E-state index in [1.54, 1.807) is 0 Å². The molecule has 0 saturated carbocycles. The van der Waals surface area contributed by atoms with Gasteiger partial charge in [0.15, 0.2) is 0 Å². The zero-order valence-corrected chi connectivity index (χ0v) is 24.0. The lowest BCUT2D eigenvalue weighted by Crippen LogP contribution is -2.26. The van der Waals surface area contributed by atoms with Gasteiger partial charge in [-0.3, -0.25) is 0 Å². The van der Waals surface area contributed by atoms with Gasteiger partial charge in [-0.25, -0.2) is 0 Å². The van der Waals surface area contributed by atoms with Crippen LogP contribution in [-0.4, -0.2) is 0 Å². The Labute approximate surface area is 224 Å². The standard InChI is InChI=1S/C36H40N/c1-23-19-24(2)33(25(3)20-23)34-29-17-15-26(35(4,5)6)21-31(29)37(28-13-11-10-12-14-28)32-22-27(36(7,8)9)16-18-30(32)34/h10-22H,1-9H3. The van der Waals surface area contributed by atoms with E-state index in [-0.39, 0.29) is 10.8 Å². The van der Waals surface area contributed by atoms with E-state index in [4.69, 9.17) is 0 Å². The molecular formula is C36H40N. The topological polar surface area (TPSA) is 3.24 Å². The second kappa shape index (κ2) is 8.91. The fourth-order valence-electron chi connectivity index (χ4n) is 5.76. The summed E-state index contributed by atoms with van der Waals surface area (Å²) in [6.45, 7) is 20.5. The van der Waals surface area contributed by atoms with Crippen LogP contribution in [0, 0.1) is 26.7 Å². The van der Waals surface area contributed by atoms with Crippen molar-refractivity contribution in [1.29, 1.82) is 0 Å². The first-order chi connectivity index (χ1) is 17.4. The minimum absolute atomic E-state index is 0.0563. The van der Waals surface area contributed by atoms with Gasteiger partial charge in [0.1, 0.15) is 0 Å². The van der Waals surface area contributed by atoms with Crippen LogP contribution < -0.4 is 4.90 Å². The Morgan fingerprint density at radius 3 is 1.43 bits per heavy atom. The zero-order valence-electron chi connectivity index (χ0n) is 24.0. The van der Waals surface area contributed by atoms with Gasteiger partial charge in [0.05, 0.1) is 17.3 Å². The Morgan fingerprint density at radius 2 is 1.00 bits per heavy atom. The quantitative estimate of drug-likeness (QED) is 0.240. The number of anilines is 3. The monoisotopic (exact) mass is 486 g/mol. The summed E-state index contributed by atoms with van der Waals surface area (Å²) in [6, 6.07) is 29.7. The minimum Gasteiger partial charge on any atom is -0.310 e. The number of aryl methyl sites for hydroxylation is 3. The SMILES string of the molecule is Cc1cc(C)c([C]2c3ccc(C(C)(C)C)cc3N(c3ccccc3)c3cc(C(C)(C)C)ccc32)c(C)c1. The number of para-hydroxylation sites is 1. The number of nitrogens with zero attached hydrogens (tertiary/aromatic N) is 1. The molecule has 4 aromatic rings. The van der Waals surface area contributed by atoms with Crippen molar-refractivity contribution in [3.05, 3.63) is 129 Å². The number of benzene rings is 4. The van der Waals surface area contributed by atoms with Crippen LogP contribution in [0.5, 0.6) is 0 Å². The lowest BCUT2D eigenvalue weighted by atomic mass is 9.74. The van der Waals surface area contributed by atoms with Crippen LogP contribution in [0.2, 0.25) is 0 Å². The molecule has 0 N–H and O–H groups in total. The maximum atomic E-state index is 2.48. The minimum atomic E-state index is 0.0563. The van der Waals surface area contributed by atoms with Gasteiger partial charge < -0.3 is 4.90 Å². The molecule has 1 nitrogen and oxygen atoms in total. The molecule has 189 valence electrons. The summed E-state index contributed by atoms with van der Waals surface area (Å²) in [5.41, 5.74) is 14.4. The number of fused-ring (bicyclic) bond motifs is 2. The number of hydrogen-bond acceptors (Lipinski definition) is 1. The maximum Gasteiger partial charge on any atom is 0.0677 e. The largest absolute Gasteiger partial charge is 0.310 e. The molecule has 0 amide bonds. The van der Waals surface area contributed by atoms with Crippen molar-refractivity contribution in [1.82, 2.24) is 0 Å². The Hall–Kier alpha value is -3.32. The molecular weight excluding hydrogens is 446 g/mol. The molecule has 0 fully saturated rings. The molecule has 1 aliphatic rings. The molecule has 0 atom stereocenters. The van der Waals surface area contributed by atoms with Crippen LogP contribution in [0.15, 0.2) is 78.9 Å². The van der Waals surface area contributed by atoms with Crippen LogP contribution in [0.25, 0.3) is 0 Å². The van der Waals surface area contributed by atoms with Gasteiger partial charge in [0.25, 0.3) is 0 Å². The molecule has 0 aromatic heterocycles. The molecule has 0 unspecified atom stereocenters. The Balaban J connectivity index is 1.89. The van der Waals surface area contributed by atoms with Crippen molar-refractivity contribution in [2.45, 2.75) is 73.1 Å². The van der Waals surface area contributed by atoms with Crippen molar-refractivity contribution in [3.63, 3.8) is 0 Å². The van der Waals surface area contributed by atoms with Crippen LogP contribution in [-0.2, 0) is 10.8 Å². The lowest BCUT2D eigenvalue weighted by molar-refractivity contribution is 0.589. The van der Waals surface area contributed by atoms with Crippen molar-refractivity contribution >= 4 is 17.1 Å². The van der Waals surface area contributed by atoms with E-state index in [9.17, 15) is 0 Å². The van der Waals surface area contributed by atoms with Gasteiger partial charge >= 0.3 is 0 Å². The molecule has 5 rings (SSSR count). The molecule has 0 saturated heterocycles. The molecule has 1 heterocycles. The predicted octanol–water partition coefficient (Wildman–Crippen LogP) is 10.0. The summed E-state index contributed by atoms with van der Waals surface area (Å²) in [4.78, 5) is 2.48. The second-order valence-corrected chi connectivity index (χ2v) is 12.8. The van der Waals surface area contributed by atoms with Crippen molar-refractivity contribution in [2.24, 2.45) is 0 Å². The van der Waals surface area contributed by atoms with E-state index in [0.717, 1.165) is 0 Å². The third kappa shape index (κ3) is 4.50. The van der Waals surface area contributed by atoms with Gasteiger partial charge in [-0.2, -0.15) is 0 Å². The molecule has 4 aromatic carbocycles. The molecule has 1 radical (unpaired) electrons. The second-order valence-electron chi connectivity index (χ2n) is 12.8. The van der Waals surface area contributed by atoms with Crippen molar-refractivity contribution in [2.75, 3.05) is 4.90 Å². The summed E-state index contributed by atoms with van der Waals surface area (Å²) in [5, 5.41) is 0. The number of rotatable bonds is 2. The average Bonchev–Trinajstić information content (AvgIpc) is 2.81. The summed E-state index contributed by atoms with van der Waals surface area (Å²) in [6.07, 6.45) is 0. The highest BCUT2D eigenvalue weighted by Crippen LogP contribution is 2.53. The van der Waals surface area contributed by atoms with Crippen molar-refractivity contribution in [3.8, 4) is 0 Å². The molecule has 0 aliphatic carbocycles. The summed E-state index contributed by atoms with van der Waals surface area (Å²) in [7, 11) is 0. The summed E-state index contributed by atoms with van der Waals surface area (Å²) < 4.78 is 0. The van der Waals surface area contributed by atoms with E-state index >= 15 is 0 Å². The molecule has 1 aliphatic heterocycles. The third-order valence-electron chi connectivity index (χ3n) is 7.69. The van der Waals surface area contributed by atoms with Crippen LogP contribution in [0.4, 0.5) is 17.1 Å². The smallest absolute Gasteiger partial charge is 0.0677 e. The highest BCUT2D eigenvalue weighted by Gasteiger charge is 2.36. The van der Waals surface area contributed by atoms with Crippen LogP contribution in [0.3, 0.4) is 0 Å². The molecule has 0 spiro atoms. The summed E-state index contributed by atoms with van der Waals surface area (Å²) in [5.74, 6) is 1.34. The highest BCUT2D eigenvalue weighted by molar-refractivity contribution is 5.91. The van der Waals surface area contributed by atoms with E-state index < -0.39 is 0 Å². The van der Waals surface area contributed by atoms with E-state index in [2.05, 4.69) is 146 Å². The lowest BCUT2D eigenvalue weighted by Gasteiger charge is -2.40. The fourth-order valence-corrected chi connectivity index (χ4v) is 5.76. The third-order valence-corrected chi connectivity index (χ3v) is 7.69. The van der Waals surface area contributed by atoms with Crippen LogP contribution >= 0.6 is 0 Å². The first-order valence-corrected chi connectivity index (χ1v) is 13.5. The molecule has 0 bridgehead atoms. The summed E-state index contributed by atoms with van der Waals surface area (Å²) >= 11 is 0. The average molecular weight is 487 g/mol. The van der Waals surface area contributed by atoms with Gasteiger partial charge in [0, 0.05) is 5.69 Å². The maximum absolute atomic E-state index is 2.48. The Kier molecular flexibility index (Phi) is 6.10. The molecule has 1 heteroatoms. The fraction of sp³-hybridized carbons (Fsp3) is 0.306. The van der Waals surface area contributed by atoms with Gasteiger partial charge in [-0.05, 0) is 94.8 Å². The van der Waals surface area contributed by atoms with E-state index in [1.807, 2.05) is 0 Å². The Morgan fingerprint density at radius 1 is 0.541 bits per heavy atom. The molecule has 37 heavy (non-hydrogen) atoms. The predicted molar refractivity (Wildman–Crippen MR) is 160 cm³/mol. The van der Waals surface area contributed by atoms with Gasteiger partial charge in [0.2, 0.25) is 0 Å². The van der Waals surface area contributed by atoms with E-state index in [0.29, 0.717) is 0 Å². The number of hydrogen-bond donors (Lipinski definition) is 0. The first kappa shape index (κ1) is 25.3. The van der Waals surface area contributed by atoms with Gasteiger partial charge in [-0.15, -0.1) is 0 Å². The Bertz CT molecular complexity index is 1370. The highest BCUT2D eigenvalue weighted by atomic mass is 15.2. The van der Waals surface area contributed by atoms with Crippen LogP contribution in [0.1, 0.15) is 86.1 Å². The first-order valence-electron chi connectivity index (χ1n) is 13.5. The van der Waals surface area contributed by atoms with Gasteiger partial charge in [-0.1, -0.05) is 102 Å². The zero-order chi connectivity index (χ0) is 26.7. The van der Waals surface area contributed by atoms with Crippen molar-refractivity contribution < 1.29 is 0 Å².